The van der Waals surface area contributed by atoms with Crippen LogP contribution in [0.5, 0.6) is 0 Å². The molecular formula is C13H13F4N7. The third kappa shape index (κ3) is 3.66. The van der Waals surface area contributed by atoms with Crippen LogP contribution in [0.15, 0.2) is 12.3 Å². The number of aromatic nitrogens is 5. The third-order valence-corrected chi connectivity index (χ3v) is 3.49. The van der Waals surface area contributed by atoms with Crippen molar-refractivity contribution in [1.82, 2.24) is 24.9 Å². The van der Waals surface area contributed by atoms with Crippen LogP contribution >= 0.6 is 0 Å². The van der Waals surface area contributed by atoms with Gasteiger partial charge in [-0.1, -0.05) is 0 Å². The van der Waals surface area contributed by atoms with Gasteiger partial charge in [0.25, 0.3) is 6.43 Å². The first kappa shape index (κ1) is 16.3. The second-order valence-corrected chi connectivity index (χ2v) is 5.39. The number of anilines is 2. The molecule has 1 aliphatic carbocycles. The number of hydrogen-bond donors (Lipinski definition) is 2. The maximum atomic E-state index is 13.2. The quantitative estimate of drug-likeness (QED) is 0.822. The van der Waals surface area contributed by atoms with Gasteiger partial charge in [0, 0.05) is 25.1 Å². The summed E-state index contributed by atoms with van der Waals surface area (Å²) in [4.78, 5) is 19.1. The molecule has 11 heteroatoms. The molecule has 1 fully saturated rings. The van der Waals surface area contributed by atoms with Crippen molar-refractivity contribution in [3.63, 3.8) is 0 Å². The lowest BCUT2D eigenvalue weighted by Crippen LogP contribution is -2.21. The number of alkyl halides is 4. The molecule has 2 heterocycles. The van der Waals surface area contributed by atoms with Gasteiger partial charge in [0.05, 0.1) is 0 Å². The van der Waals surface area contributed by atoms with E-state index in [1.54, 1.807) is 0 Å². The van der Waals surface area contributed by atoms with Gasteiger partial charge in [-0.05, 0) is 12.5 Å². The monoisotopic (exact) mass is 343 g/mol. The summed E-state index contributed by atoms with van der Waals surface area (Å²) in [6.45, 7) is 0. The van der Waals surface area contributed by atoms with Crippen LogP contribution in [-0.4, -0.2) is 36.9 Å². The zero-order chi connectivity index (χ0) is 17.3. The van der Waals surface area contributed by atoms with E-state index >= 15 is 0 Å². The molecular weight excluding hydrogens is 330 g/mol. The lowest BCUT2D eigenvalue weighted by Gasteiger charge is -2.13. The molecule has 24 heavy (non-hydrogen) atoms. The zero-order valence-corrected chi connectivity index (χ0v) is 12.3. The molecule has 1 atom stereocenters. The summed E-state index contributed by atoms with van der Waals surface area (Å²) in [6.07, 6.45) is -1.94. The third-order valence-electron chi connectivity index (χ3n) is 3.49. The van der Waals surface area contributed by atoms with Crippen molar-refractivity contribution in [3.8, 4) is 11.6 Å². The van der Waals surface area contributed by atoms with Crippen molar-refractivity contribution in [2.24, 2.45) is 0 Å². The van der Waals surface area contributed by atoms with E-state index in [-0.39, 0.29) is 42.8 Å². The highest BCUT2D eigenvalue weighted by atomic mass is 19.3. The fraction of sp³-hybridized carbons (Fsp3) is 0.462. The molecule has 0 radical (unpaired) electrons. The van der Waals surface area contributed by atoms with Crippen molar-refractivity contribution in [1.29, 1.82) is 0 Å². The number of nitrogen functional groups attached to an aromatic ring is 1. The number of hydrogen-bond acceptors (Lipinski definition) is 7. The number of rotatable bonds is 4. The van der Waals surface area contributed by atoms with Crippen molar-refractivity contribution in [2.45, 2.75) is 37.7 Å². The summed E-state index contributed by atoms with van der Waals surface area (Å²) in [5.74, 6) is -3.21. The molecule has 0 amide bonds. The smallest absolute Gasteiger partial charge is 0.280 e. The van der Waals surface area contributed by atoms with Gasteiger partial charge in [0.2, 0.25) is 23.6 Å². The normalized spacial score (nSPS) is 19.6. The van der Waals surface area contributed by atoms with Crippen LogP contribution in [-0.2, 0) is 0 Å². The first-order valence-corrected chi connectivity index (χ1v) is 7.10. The average molecular weight is 343 g/mol. The standard InChI is InChI=1S/C13H13F4N7/c14-8(15)7-2-4-19-9(21-7)10-22-11(18)24-12(23-10)20-6-1-3-13(16,17)5-6/h2,4,6,8H,1,3,5H2,(H3,18,20,22,23,24). The minimum Gasteiger partial charge on any atom is -0.368 e. The summed E-state index contributed by atoms with van der Waals surface area (Å²) in [5, 5.41) is 2.76. The highest BCUT2D eigenvalue weighted by molar-refractivity contribution is 5.49. The summed E-state index contributed by atoms with van der Waals surface area (Å²) in [7, 11) is 0. The van der Waals surface area contributed by atoms with E-state index in [4.69, 9.17) is 5.73 Å². The van der Waals surface area contributed by atoms with Crippen LogP contribution in [0.3, 0.4) is 0 Å². The van der Waals surface area contributed by atoms with Gasteiger partial charge >= 0.3 is 0 Å². The topological polar surface area (TPSA) is 102 Å². The van der Waals surface area contributed by atoms with Gasteiger partial charge in [-0.15, -0.1) is 0 Å². The summed E-state index contributed by atoms with van der Waals surface area (Å²) >= 11 is 0. The molecule has 2 aromatic rings. The van der Waals surface area contributed by atoms with Crippen molar-refractivity contribution < 1.29 is 17.6 Å². The van der Waals surface area contributed by atoms with Crippen molar-refractivity contribution in [2.75, 3.05) is 11.1 Å². The molecule has 0 saturated heterocycles. The Morgan fingerprint density at radius 2 is 1.96 bits per heavy atom. The van der Waals surface area contributed by atoms with Gasteiger partial charge in [0.1, 0.15) is 5.69 Å². The molecule has 7 nitrogen and oxygen atoms in total. The molecule has 2 aromatic heterocycles. The van der Waals surface area contributed by atoms with Crippen LogP contribution in [0.1, 0.15) is 31.4 Å². The molecule has 3 rings (SSSR count). The molecule has 0 aromatic carbocycles. The Balaban J connectivity index is 1.85. The summed E-state index contributed by atoms with van der Waals surface area (Å²) < 4.78 is 51.9. The minimum absolute atomic E-state index is 0.0220. The van der Waals surface area contributed by atoms with E-state index in [2.05, 4.69) is 30.2 Å². The predicted octanol–water partition coefficient (Wildman–Crippen LogP) is 2.45. The average Bonchev–Trinajstić information content (AvgIpc) is 2.85. The first-order chi connectivity index (χ1) is 11.3. The highest BCUT2D eigenvalue weighted by Crippen LogP contribution is 2.36. The van der Waals surface area contributed by atoms with Crippen LogP contribution < -0.4 is 11.1 Å². The second kappa shape index (κ2) is 6.13. The Bertz CT molecular complexity index is 740. The molecule has 0 bridgehead atoms. The number of nitrogens with two attached hydrogens (primary N) is 1. The van der Waals surface area contributed by atoms with Crippen molar-refractivity contribution >= 4 is 11.9 Å². The maximum absolute atomic E-state index is 13.2. The SMILES string of the molecule is Nc1nc(NC2CCC(F)(F)C2)nc(-c2nccc(C(F)F)n2)n1. The number of nitrogens with one attached hydrogen (secondary N) is 1. The van der Waals surface area contributed by atoms with E-state index in [9.17, 15) is 17.6 Å². The lowest BCUT2D eigenvalue weighted by molar-refractivity contribution is 0.00851. The van der Waals surface area contributed by atoms with Crippen LogP contribution in [0.25, 0.3) is 11.6 Å². The van der Waals surface area contributed by atoms with Gasteiger partial charge in [-0.25, -0.2) is 27.5 Å². The number of nitrogens with zero attached hydrogens (tertiary/aromatic N) is 5. The number of halogens is 4. The largest absolute Gasteiger partial charge is 0.368 e. The Kier molecular flexibility index (Phi) is 4.16. The molecule has 1 unspecified atom stereocenters. The molecule has 0 spiro atoms. The Hall–Kier alpha value is -2.59. The molecule has 128 valence electrons. The fourth-order valence-corrected chi connectivity index (χ4v) is 2.41. The van der Waals surface area contributed by atoms with E-state index in [1.807, 2.05) is 0 Å². The lowest BCUT2D eigenvalue weighted by atomic mass is 10.2. The fourth-order valence-electron chi connectivity index (χ4n) is 2.41. The second-order valence-electron chi connectivity index (χ2n) is 5.39. The predicted molar refractivity (Wildman–Crippen MR) is 76.4 cm³/mol. The molecule has 0 aliphatic heterocycles. The van der Waals surface area contributed by atoms with Gasteiger partial charge in [-0.3, -0.25) is 0 Å². The van der Waals surface area contributed by atoms with Crippen LogP contribution in [0, 0.1) is 0 Å². The van der Waals surface area contributed by atoms with Crippen LogP contribution in [0.4, 0.5) is 29.5 Å². The molecule has 1 saturated carbocycles. The zero-order valence-electron chi connectivity index (χ0n) is 12.3. The van der Waals surface area contributed by atoms with E-state index in [0.717, 1.165) is 12.3 Å². The summed E-state index contributed by atoms with van der Waals surface area (Å²) in [6, 6.07) is 0.557. The van der Waals surface area contributed by atoms with Gasteiger partial charge < -0.3 is 11.1 Å². The molecule has 1 aliphatic rings. The van der Waals surface area contributed by atoms with Crippen molar-refractivity contribution in [3.05, 3.63) is 18.0 Å². The summed E-state index contributed by atoms with van der Waals surface area (Å²) in [5.41, 5.74) is 5.09. The van der Waals surface area contributed by atoms with E-state index in [0.29, 0.717) is 0 Å². The highest BCUT2D eigenvalue weighted by Gasteiger charge is 2.39. The first-order valence-electron chi connectivity index (χ1n) is 7.10. The van der Waals surface area contributed by atoms with Gasteiger partial charge in [-0.2, -0.15) is 15.0 Å². The Labute approximate surface area is 133 Å². The Morgan fingerprint density at radius 3 is 2.62 bits per heavy atom. The van der Waals surface area contributed by atoms with E-state index in [1.165, 1.54) is 0 Å². The van der Waals surface area contributed by atoms with Gasteiger partial charge in [0.15, 0.2) is 5.82 Å². The maximum Gasteiger partial charge on any atom is 0.280 e. The molecule has 3 N–H and O–H groups in total. The van der Waals surface area contributed by atoms with E-state index < -0.39 is 24.1 Å². The minimum atomic E-state index is -2.77. The van der Waals surface area contributed by atoms with Crippen LogP contribution in [0.2, 0.25) is 0 Å². The Morgan fingerprint density at radius 1 is 1.17 bits per heavy atom.